The third kappa shape index (κ3) is 3.29. The topological polar surface area (TPSA) is 48.1 Å². The molecule has 0 bridgehead atoms. The van der Waals surface area contributed by atoms with Gasteiger partial charge in [0.25, 0.3) is 0 Å². The van der Waals surface area contributed by atoms with Crippen molar-refractivity contribution in [2.75, 3.05) is 0 Å². The molecule has 1 aromatic carbocycles. The van der Waals surface area contributed by atoms with Gasteiger partial charge in [-0.25, -0.2) is 4.39 Å². The Balaban J connectivity index is 2.24. The van der Waals surface area contributed by atoms with Crippen molar-refractivity contribution in [3.8, 4) is 5.75 Å². The molecule has 0 aliphatic heterocycles. The van der Waals surface area contributed by atoms with E-state index >= 15 is 0 Å². The smallest absolute Gasteiger partial charge is 0.200 e. The lowest BCUT2D eigenvalue weighted by atomic mass is 10.2. The number of hydrogen-bond donors (Lipinski definition) is 1. The first-order chi connectivity index (χ1) is 9.49. The lowest BCUT2D eigenvalue weighted by Gasteiger charge is -2.10. The van der Waals surface area contributed by atoms with Crippen LogP contribution in [0.1, 0.15) is 11.3 Å². The second kappa shape index (κ2) is 6.23. The SMILES string of the molecule is NC(=S)c1ncccc1COc1cc(Br)cc(F)c1F. The molecule has 20 heavy (non-hydrogen) atoms. The van der Waals surface area contributed by atoms with Gasteiger partial charge < -0.3 is 10.5 Å². The molecule has 0 unspecified atom stereocenters. The van der Waals surface area contributed by atoms with Crippen LogP contribution < -0.4 is 10.5 Å². The predicted molar refractivity (Wildman–Crippen MR) is 78.5 cm³/mol. The summed E-state index contributed by atoms with van der Waals surface area (Å²) in [7, 11) is 0. The number of thiocarbonyl (C=S) groups is 1. The number of aromatic nitrogens is 1. The van der Waals surface area contributed by atoms with E-state index in [1.54, 1.807) is 12.1 Å². The maximum absolute atomic E-state index is 13.6. The van der Waals surface area contributed by atoms with Gasteiger partial charge in [-0.2, -0.15) is 4.39 Å². The fraction of sp³-hybridized carbons (Fsp3) is 0.0769. The van der Waals surface area contributed by atoms with Crippen molar-refractivity contribution >= 4 is 33.1 Å². The summed E-state index contributed by atoms with van der Waals surface area (Å²) in [5, 5.41) is 0. The highest BCUT2D eigenvalue weighted by atomic mass is 79.9. The summed E-state index contributed by atoms with van der Waals surface area (Å²) in [5.41, 5.74) is 6.53. The Morgan fingerprint density at radius 1 is 1.40 bits per heavy atom. The van der Waals surface area contributed by atoms with Crippen LogP contribution in [0.25, 0.3) is 0 Å². The highest BCUT2D eigenvalue weighted by Gasteiger charge is 2.13. The first-order valence-corrected chi connectivity index (χ1v) is 6.70. The van der Waals surface area contributed by atoms with Gasteiger partial charge in [-0.15, -0.1) is 0 Å². The van der Waals surface area contributed by atoms with Crippen LogP contribution >= 0.6 is 28.1 Å². The van der Waals surface area contributed by atoms with E-state index in [2.05, 4.69) is 20.9 Å². The van der Waals surface area contributed by atoms with Crippen LogP contribution in [0, 0.1) is 11.6 Å². The number of nitrogens with zero attached hydrogens (tertiary/aromatic N) is 1. The molecule has 1 heterocycles. The molecule has 7 heteroatoms. The van der Waals surface area contributed by atoms with Gasteiger partial charge in [-0.05, 0) is 18.2 Å². The van der Waals surface area contributed by atoms with E-state index in [0.717, 1.165) is 6.07 Å². The zero-order valence-electron chi connectivity index (χ0n) is 10.1. The fourth-order valence-corrected chi connectivity index (χ4v) is 2.16. The van der Waals surface area contributed by atoms with Crippen LogP contribution in [0.3, 0.4) is 0 Å². The molecule has 0 saturated heterocycles. The van der Waals surface area contributed by atoms with Gasteiger partial charge in [0, 0.05) is 16.2 Å². The number of hydrogen-bond acceptors (Lipinski definition) is 3. The quantitative estimate of drug-likeness (QED) is 0.672. The highest BCUT2D eigenvalue weighted by Crippen LogP contribution is 2.26. The molecule has 2 rings (SSSR count). The van der Waals surface area contributed by atoms with E-state index in [9.17, 15) is 8.78 Å². The van der Waals surface area contributed by atoms with Gasteiger partial charge in [0.05, 0.1) is 0 Å². The second-order valence-corrected chi connectivity index (χ2v) is 5.22. The van der Waals surface area contributed by atoms with Crippen molar-refractivity contribution in [3.63, 3.8) is 0 Å². The first kappa shape index (κ1) is 14.8. The first-order valence-electron chi connectivity index (χ1n) is 5.50. The Kier molecular flexibility index (Phi) is 4.61. The average Bonchev–Trinajstić information content (AvgIpc) is 2.41. The van der Waals surface area contributed by atoms with Crippen LogP contribution in [0.5, 0.6) is 5.75 Å². The lowest BCUT2D eigenvalue weighted by Crippen LogP contribution is -2.15. The molecule has 2 aromatic rings. The monoisotopic (exact) mass is 358 g/mol. The molecule has 0 atom stereocenters. The van der Waals surface area contributed by atoms with Gasteiger partial charge in [0.2, 0.25) is 5.82 Å². The van der Waals surface area contributed by atoms with Gasteiger partial charge in [0.15, 0.2) is 11.6 Å². The molecule has 1 aromatic heterocycles. The average molecular weight is 359 g/mol. The zero-order valence-corrected chi connectivity index (χ0v) is 12.5. The molecule has 0 fully saturated rings. The Bertz CT molecular complexity index is 667. The Hall–Kier alpha value is -1.60. The minimum Gasteiger partial charge on any atom is -0.486 e. The Morgan fingerprint density at radius 2 is 2.15 bits per heavy atom. The molecule has 0 aliphatic rings. The summed E-state index contributed by atoms with van der Waals surface area (Å²) in [5.74, 6) is -2.24. The van der Waals surface area contributed by atoms with E-state index in [1.165, 1.54) is 12.3 Å². The molecule has 104 valence electrons. The van der Waals surface area contributed by atoms with E-state index in [-0.39, 0.29) is 17.3 Å². The van der Waals surface area contributed by atoms with E-state index < -0.39 is 11.6 Å². The van der Waals surface area contributed by atoms with Gasteiger partial charge in [-0.3, -0.25) is 4.98 Å². The Labute approximate surface area is 127 Å². The van der Waals surface area contributed by atoms with Crippen molar-refractivity contribution in [2.24, 2.45) is 5.73 Å². The normalized spacial score (nSPS) is 10.3. The third-order valence-electron chi connectivity index (χ3n) is 2.47. The van der Waals surface area contributed by atoms with Crippen molar-refractivity contribution < 1.29 is 13.5 Å². The van der Waals surface area contributed by atoms with Gasteiger partial charge in [0.1, 0.15) is 17.3 Å². The standard InChI is InChI=1S/C13H9BrF2N2OS/c14-8-4-9(15)11(16)10(5-8)19-6-7-2-1-3-18-12(7)13(17)20/h1-5H,6H2,(H2,17,20). The summed E-state index contributed by atoms with van der Waals surface area (Å²) < 4.78 is 32.4. The summed E-state index contributed by atoms with van der Waals surface area (Å²) >= 11 is 7.94. The minimum absolute atomic E-state index is 0.0205. The van der Waals surface area contributed by atoms with Gasteiger partial charge >= 0.3 is 0 Å². The fourth-order valence-electron chi connectivity index (χ4n) is 1.57. The van der Waals surface area contributed by atoms with E-state index in [4.69, 9.17) is 22.7 Å². The molecule has 0 amide bonds. The zero-order chi connectivity index (χ0) is 14.7. The third-order valence-corrected chi connectivity index (χ3v) is 3.12. The number of ether oxygens (including phenoxy) is 1. The predicted octanol–water partition coefficient (Wildman–Crippen LogP) is 3.34. The maximum atomic E-state index is 13.6. The molecule has 0 radical (unpaired) electrons. The number of pyridine rings is 1. The van der Waals surface area contributed by atoms with Crippen LogP contribution in [-0.2, 0) is 6.61 Å². The number of benzene rings is 1. The Morgan fingerprint density at radius 3 is 2.85 bits per heavy atom. The minimum atomic E-state index is -1.05. The number of nitrogens with two attached hydrogens (primary N) is 1. The van der Waals surface area contributed by atoms with E-state index in [1.807, 2.05) is 0 Å². The maximum Gasteiger partial charge on any atom is 0.200 e. The van der Waals surface area contributed by atoms with Crippen LogP contribution in [0.15, 0.2) is 34.9 Å². The summed E-state index contributed by atoms with van der Waals surface area (Å²) in [6.07, 6.45) is 1.54. The molecule has 2 N–H and O–H groups in total. The highest BCUT2D eigenvalue weighted by molar-refractivity contribution is 9.10. The van der Waals surface area contributed by atoms with Gasteiger partial charge in [-0.1, -0.05) is 34.2 Å². The summed E-state index contributed by atoms with van der Waals surface area (Å²) in [6, 6.07) is 5.74. The van der Waals surface area contributed by atoms with Crippen molar-refractivity contribution in [1.29, 1.82) is 0 Å². The van der Waals surface area contributed by atoms with Crippen LogP contribution in [0.4, 0.5) is 8.78 Å². The second-order valence-electron chi connectivity index (χ2n) is 3.86. The molecular weight excluding hydrogens is 350 g/mol. The molecule has 0 aliphatic carbocycles. The largest absolute Gasteiger partial charge is 0.486 e. The summed E-state index contributed by atoms with van der Waals surface area (Å²) in [6.45, 7) is -0.0205. The molecule has 0 saturated carbocycles. The molecule has 3 nitrogen and oxygen atoms in total. The number of halogens is 3. The van der Waals surface area contributed by atoms with Crippen molar-refractivity contribution in [2.45, 2.75) is 6.61 Å². The van der Waals surface area contributed by atoms with Crippen LogP contribution in [0.2, 0.25) is 0 Å². The molecule has 0 spiro atoms. The van der Waals surface area contributed by atoms with Crippen LogP contribution in [-0.4, -0.2) is 9.97 Å². The van der Waals surface area contributed by atoms with Crippen molar-refractivity contribution in [3.05, 3.63) is 57.8 Å². The summed E-state index contributed by atoms with van der Waals surface area (Å²) in [4.78, 5) is 4.14. The lowest BCUT2D eigenvalue weighted by molar-refractivity contribution is 0.284. The van der Waals surface area contributed by atoms with E-state index in [0.29, 0.717) is 15.7 Å². The van der Waals surface area contributed by atoms with Crippen molar-refractivity contribution in [1.82, 2.24) is 4.98 Å². The number of rotatable bonds is 4. The molecular formula is C13H9BrF2N2OS.